The Kier molecular flexibility index (Phi) is 12.3. The van der Waals surface area contributed by atoms with Crippen molar-refractivity contribution in [1.82, 2.24) is 9.80 Å². The third-order valence-electron chi connectivity index (χ3n) is 5.33. The summed E-state index contributed by atoms with van der Waals surface area (Å²) in [5.41, 5.74) is -0.905. The van der Waals surface area contributed by atoms with Gasteiger partial charge in [-0.25, -0.2) is 16.8 Å². The van der Waals surface area contributed by atoms with Gasteiger partial charge in [-0.15, -0.1) is 13.2 Å². The minimum Gasteiger partial charge on any atom is -0.411 e. The van der Waals surface area contributed by atoms with Crippen LogP contribution in [0.4, 0.5) is 0 Å². The van der Waals surface area contributed by atoms with Gasteiger partial charge in [0.25, 0.3) is 0 Å². The molecule has 2 heterocycles. The van der Waals surface area contributed by atoms with Crippen molar-refractivity contribution in [3.63, 3.8) is 0 Å². The Morgan fingerprint density at radius 1 is 0.871 bits per heavy atom. The molecule has 2 rings (SSSR count). The monoisotopic (exact) mass is 552 g/mol. The Hall–Kier alpha value is 0.366. The van der Waals surface area contributed by atoms with Crippen LogP contribution in [0.25, 0.3) is 0 Å². The molecule has 2 unspecified atom stereocenters. The molecular formula is C18H28MgN2O4S6. The van der Waals surface area contributed by atoms with Crippen LogP contribution in [0.1, 0.15) is 26.7 Å². The zero-order valence-electron chi connectivity index (χ0n) is 17.9. The molecule has 2 aliphatic rings. The fourth-order valence-corrected chi connectivity index (χ4v) is 9.17. The van der Waals surface area contributed by atoms with Gasteiger partial charge in [0, 0.05) is 13.1 Å². The number of thiocarbonyl (C=S) groups is 2. The maximum Gasteiger partial charge on any atom is 2.00 e. The number of hydrogen-bond acceptors (Lipinski definition) is 8. The second-order valence-electron chi connectivity index (χ2n) is 8.01. The van der Waals surface area contributed by atoms with Gasteiger partial charge in [0.05, 0.1) is 34.1 Å². The van der Waals surface area contributed by atoms with Gasteiger partial charge in [-0.3, -0.25) is 0 Å². The van der Waals surface area contributed by atoms with Gasteiger partial charge in [0.15, 0.2) is 19.7 Å². The molecule has 0 amide bonds. The molecule has 2 aliphatic heterocycles. The Bertz CT molecular complexity index is 834. The molecule has 172 valence electrons. The minimum absolute atomic E-state index is 0. The summed E-state index contributed by atoms with van der Waals surface area (Å²) >= 11 is 19.9. The summed E-state index contributed by atoms with van der Waals surface area (Å²) in [6.07, 6.45) is 4.55. The number of nitrogens with zero attached hydrogens (tertiary/aromatic N) is 2. The molecule has 0 aromatic heterocycles. The van der Waals surface area contributed by atoms with Crippen LogP contribution in [-0.4, -0.2) is 106 Å². The van der Waals surface area contributed by atoms with Crippen LogP contribution in [0, 0.1) is 0 Å². The van der Waals surface area contributed by atoms with Crippen molar-refractivity contribution in [3.8, 4) is 0 Å². The largest absolute Gasteiger partial charge is 2.00 e. The first kappa shape index (κ1) is 31.4. The van der Waals surface area contributed by atoms with E-state index in [1.54, 1.807) is 22.0 Å². The molecule has 0 N–H and O–H groups in total. The summed E-state index contributed by atoms with van der Waals surface area (Å²) in [5.74, 6) is 0.694. The maximum absolute atomic E-state index is 11.4. The van der Waals surface area contributed by atoms with Crippen molar-refractivity contribution >= 4 is 101 Å². The number of sulfone groups is 2. The van der Waals surface area contributed by atoms with Crippen LogP contribution in [0.15, 0.2) is 25.3 Å². The van der Waals surface area contributed by atoms with Gasteiger partial charge in [-0.1, -0.05) is 20.8 Å². The molecule has 0 aromatic rings. The van der Waals surface area contributed by atoms with Crippen molar-refractivity contribution in [2.45, 2.75) is 37.8 Å². The topological polar surface area (TPSA) is 74.8 Å². The Balaban J connectivity index is 0.000000562. The normalized spacial score (nSPS) is 27.7. The third kappa shape index (κ3) is 8.91. The van der Waals surface area contributed by atoms with E-state index in [4.69, 9.17) is 49.7 Å². The molecule has 2 fully saturated rings. The van der Waals surface area contributed by atoms with E-state index >= 15 is 0 Å². The van der Waals surface area contributed by atoms with Crippen molar-refractivity contribution in [2.75, 3.05) is 36.1 Å². The molecule has 0 spiro atoms. The summed E-state index contributed by atoms with van der Waals surface area (Å²) < 4.78 is 46.4. The van der Waals surface area contributed by atoms with Crippen molar-refractivity contribution in [2.24, 2.45) is 0 Å². The predicted molar refractivity (Wildman–Crippen MR) is 143 cm³/mol. The summed E-state index contributed by atoms with van der Waals surface area (Å²) in [4.78, 5) is 3.55. The predicted octanol–water partition coefficient (Wildman–Crippen LogP) is 1.39. The van der Waals surface area contributed by atoms with Gasteiger partial charge in [-0.05, 0) is 26.7 Å². The van der Waals surface area contributed by atoms with Crippen molar-refractivity contribution < 1.29 is 16.8 Å². The van der Waals surface area contributed by atoms with Crippen LogP contribution in [-0.2, 0) is 44.9 Å². The molecule has 2 saturated heterocycles. The van der Waals surface area contributed by atoms with E-state index in [1.807, 2.05) is 13.8 Å². The molecule has 0 saturated carbocycles. The standard InChI is InChI=1S/2C9H15NO2S3.Mg/c2*1-3-5-10(8(13)14)9(2)4-6-15(11,12)7-9;/h2*3H,1,4-7H2,2H3,(H,13,14);/q;;+2/p-2. The maximum atomic E-state index is 11.4. The summed E-state index contributed by atoms with van der Waals surface area (Å²) in [6, 6.07) is 0. The van der Waals surface area contributed by atoms with Gasteiger partial charge in [0.1, 0.15) is 0 Å². The van der Waals surface area contributed by atoms with E-state index in [0.717, 1.165) is 0 Å². The smallest absolute Gasteiger partial charge is 0.411 e. The van der Waals surface area contributed by atoms with E-state index in [9.17, 15) is 16.8 Å². The van der Waals surface area contributed by atoms with Crippen molar-refractivity contribution in [3.05, 3.63) is 25.3 Å². The summed E-state index contributed by atoms with van der Waals surface area (Å²) in [5, 5.41) is 0. The van der Waals surface area contributed by atoms with Gasteiger partial charge >= 0.3 is 23.1 Å². The minimum atomic E-state index is -2.93. The van der Waals surface area contributed by atoms with E-state index in [2.05, 4.69) is 13.2 Å². The van der Waals surface area contributed by atoms with Gasteiger partial charge < -0.3 is 59.5 Å². The van der Waals surface area contributed by atoms with E-state index in [-0.39, 0.29) is 46.1 Å². The van der Waals surface area contributed by atoms with Crippen LogP contribution < -0.4 is 0 Å². The quantitative estimate of drug-likeness (QED) is 0.209. The van der Waals surface area contributed by atoms with Crippen LogP contribution in [0.2, 0.25) is 0 Å². The van der Waals surface area contributed by atoms with Crippen LogP contribution in [0.3, 0.4) is 0 Å². The first-order valence-electron chi connectivity index (χ1n) is 9.21. The first-order valence-corrected chi connectivity index (χ1v) is 14.5. The summed E-state index contributed by atoms with van der Waals surface area (Å²) in [7, 11) is -5.87. The van der Waals surface area contributed by atoms with E-state index in [1.165, 1.54) is 0 Å². The molecule has 0 bridgehead atoms. The van der Waals surface area contributed by atoms with E-state index < -0.39 is 30.8 Å². The molecule has 0 aliphatic carbocycles. The molecule has 6 nitrogen and oxygen atoms in total. The number of hydrogen-bond donors (Lipinski definition) is 0. The SMILES string of the molecule is C=CCN(C(=S)[S-])C1(C)CCS(=O)(=O)C1.C=CCN(C(=S)[S-])C1(C)CCS(=O)(=O)C1.[Mg+2]. The molecule has 0 aromatic carbocycles. The van der Waals surface area contributed by atoms with E-state index in [0.29, 0.717) is 34.6 Å². The Morgan fingerprint density at radius 2 is 1.16 bits per heavy atom. The average Bonchev–Trinajstić information content (AvgIpc) is 3.05. The molecule has 31 heavy (non-hydrogen) atoms. The zero-order chi connectivity index (χ0) is 23.4. The molecular weight excluding hydrogens is 525 g/mol. The average molecular weight is 553 g/mol. The van der Waals surface area contributed by atoms with Crippen LogP contribution in [0.5, 0.6) is 0 Å². The first-order chi connectivity index (χ1) is 13.6. The number of rotatable bonds is 6. The fraction of sp³-hybridized carbons (Fsp3) is 0.667. The zero-order valence-corrected chi connectivity index (χ0v) is 24.2. The second-order valence-corrected chi connectivity index (χ2v) is 14.4. The van der Waals surface area contributed by atoms with Crippen LogP contribution >= 0.6 is 24.4 Å². The molecule has 2 atom stereocenters. The molecule has 13 heteroatoms. The fourth-order valence-electron chi connectivity index (χ4n) is 3.70. The Morgan fingerprint density at radius 3 is 1.32 bits per heavy atom. The summed E-state index contributed by atoms with van der Waals surface area (Å²) in [6.45, 7) is 12.0. The van der Waals surface area contributed by atoms with Crippen molar-refractivity contribution in [1.29, 1.82) is 0 Å². The van der Waals surface area contributed by atoms with Gasteiger partial charge in [-0.2, -0.15) is 0 Å². The third-order valence-corrected chi connectivity index (χ3v) is 9.99. The van der Waals surface area contributed by atoms with Gasteiger partial charge in [0.2, 0.25) is 0 Å². The second kappa shape index (κ2) is 12.2. The molecule has 0 radical (unpaired) electrons. The Labute approximate surface area is 225 Å².